The summed E-state index contributed by atoms with van der Waals surface area (Å²) in [6.07, 6.45) is 60.2. The second-order valence-corrected chi connectivity index (χ2v) is 21.2. The summed E-state index contributed by atoms with van der Waals surface area (Å²) >= 11 is 0. The third kappa shape index (κ3) is 64.6. The molecule has 0 aliphatic rings. The molecule has 0 N–H and O–H groups in total. The monoisotopic (exact) mass is 1050 g/mol. The van der Waals surface area contributed by atoms with Crippen LogP contribution in [0.4, 0.5) is 0 Å². The minimum Gasteiger partial charge on any atom is -0.550 e. The van der Waals surface area contributed by atoms with E-state index in [2.05, 4.69) is 27.7 Å². The molecule has 0 aromatic rings. The quantitative estimate of drug-likeness (QED) is 0.0334. The maximum atomic E-state index is 12.2. The molecular formula is C62H118O8Zn. The second kappa shape index (κ2) is 62.8. The molecule has 0 bridgehead atoms. The van der Waals surface area contributed by atoms with E-state index in [0.717, 1.165) is 103 Å². The summed E-state index contributed by atoms with van der Waals surface area (Å²) in [6.45, 7) is 8.78. The van der Waals surface area contributed by atoms with Crippen molar-refractivity contribution < 1.29 is 58.3 Å². The molecule has 9 heteroatoms. The number of hydrogen-bond donors (Lipinski definition) is 0. The molecule has 0 aliphatic carbocycles. The van der Waals surface area contributed by atoms with Crippen LogP contribution < -0.4 is 10.2 Å². The van der Waals surface area contributed by atoms with Crippen molar-refractivity contribution in [2.24, 2.45) is 0 Å². The summed E-state index contributed by atoms with van der Waals surface area (Å²) in [6, 6.07) is 0. The molecule has 0 aromatic heterocycles. The largest absolute Gasteiger partial charge is 2.00 e. The van der Waals surface area contributed by atoms with E-state index in [1.54, 1.807) is 0 Å². The molecule has 8 nitrogen and oxygen atoms in total. The molecule has 0 rings (SSSR count). The fourth-order valence-corrected chi connectivity index (χ4v) is 9.51. The second-order valence-electron chi connectivity index (χ2n) is 21.2. The Morgan fingerprint density at radius 2 is 0.465 bits per heavy atom. The Bertz CT molecular complexity index is 1020. The Morgan fingerprint density at radius 3 is 0.662 bits per heavy atom. The number of hydrogen-bond acceptors (Lipinski definition) is 8. The predicted octanol–water partition coefficient (Wildman–Crippen LogP) is 17.7. The van der Waals surface area contributed by atoms with Gasteiger partial charge < -0.3 is 29.3 Å². The van der Waals surface area contributed by atoms with Crippen molar-refractivity contribution in [2.45, 2.75) is 374 Å². The van der Waals surface area contributed by atoms with Gasteiger partial charge in [-0.1, -0.05) is 272 Å². The molecule has 2 atom stereocenters. The zero-order chi connectivity index (χ0) is 51.6. The molecular weight excluding hydrogens is 938 g/mol. The van der Waals surface area contributed by atoms with Gasteiger partial charge in [0, 0.05) is 24.8 Å². The van der Waals surface area contributed by atoms with Gasteiger partial charge in [-0.2, -0.15) is 0 Å². The first-order valence-electron chi connectivity index (χ1n) is 31.0. The molecule has 0 amide bonds. The number of aliphatic carboxylic acids is 2. The summed E-state index contributed by atoms with van der Waals surface area (Å²) in [7, 11) is 0. The van der Waals surface area contributed by atoms with Gasteiger partial charge in [0.05, 0.1) is 0 Å². The van der Waals surface area contributed by atoms with Gasteiger partial charge in [-0.05, 0) is 77.0 Å². The van der Waals surface area contributed by atoms with Crippen LogP contribution >= 0.6 is 0 Å². The van der Waals surface area contributed by atoms with Gasteiger partial charge in [-0.3, -0.25) is 9.59 Å². The number of carbonyl (C=O) groups is 4. The van der Waals surface area contributed by atoms with Gasteiger partial charge in [-0.25, -0.2) is 0 Å². The number of rotatable bonds is 56. The van der Waals surface area contributed by atoms with E-state index in [0.29, 0.717) is 12.8 Å². The van der Waals surface area contributed by atoms with E-state index < -0.39 is 11.9 Å². The first-order chi connectivity index (χ1) is 34.2. The van der Waals surface area contributed by atoms with Gasteiger partial charge >= 0.3 is 31.4 Å². The maximum absolute atomic E-state index is 12.2. The Kier molecular flexibility index (Phi) is 65.2. The van der Waals surface area contributed by atoms with Crippen LogP contribution in [-0.4, -0.2) is 36.1 Å². The van der Waals surface area contributed by atoms with Crippen LogP contribution in [-0.2, 0) is 48.1 Å². The Labute approximate surface area is 453 Å². The summed E-state index contributed by atoms with van der Waals surface area (Å²) in [5.74, 6) is -1.82. The van der Waals surface area contributed by atoms with Crippen molar-refractivity contribution in [3.05, 3.63) is 0 Å². The number of carbonyl (C=O) groups excluding carboxylic acids is 4. The minimum absolute atomic E-state index is 0. The summed E-state index contributed by atoms with van der Waals surface area (Å²) in [4.78, 5) is 45.0. The summed E-state index contributed by atoms with van der Waals surface area (Å²) in [5.41, 5.74) is 0. The van der Waals surface area contributed by atoms with E-state index in [1.165, 1.54) is 205 Å². The number of esters is 2. The van der Waals surface area contributed by atoms with E-state index in [4.69, 9.17) is 9.47 Å². The van der Waals surface area contributed by atoms with Crippen molar-refractivity contribution >= 4 is 23.9 Å². The van der Waals surface area contributed by atoms with E-state index >= 15 is 0 Å². The molecule has 0 fully saturated rings. The maximum Gasteiger partial charge on any atom is 2.00 e. The van der Waals surface area contributed by atoms with Crippen molar-refractivity contribution in [1.82, 2.24) is 0 Å². The van der Waals surface area contributed by atoms with Gasteiger partial charge in [0.1, 0.15) is 12.2 Å². The molecule has 0 saturated carbocycles. The molecule has 0 saturated heterocycles. The molecule has 416 valence electrons. The van der Waals surface area contributed by atoms with E-state index in [-0.39, 0.29) is 56.5 Å². The first kappa shape index (κ1) is 73.7. The molecule has 0 aromatic carbocycles. The number of unbranched alkanes of at least 4 members (excludes halogenated alkanes) is 40. The van der Waals surface area contributed by atoms with Crippen molar-refractivity contribution in [3.63, 3.8) is 0 Å². The average Bonchev–Trinajstić information content (AvgIpc) is 3.34. The molecule has 0 aliphatic heterocycles. The Hall–Kier alpha value is -1.50. The van der Waals surface area contributed by atoms with Crippen LogP contribution in [0.15, 0.2) is 0 Å². The van der Waals surface area contributed by atoms with Crippen molar-refractivity contribution in [3.8, 4) is 0 Å². The van der Waals surface area contributed by atoms with Crippen LogP contribution in [0.1, 0.15) is 362 Å². The summed E-state index contributed by atoms with van der Waals surface area (Å²) < 4.78 is 11.5. The van der Waals surface area contributed by atoms with E-state index in [9.17, 15) is 29.4 Å². The van der Waals surface area contributed by atoms with Gasteiger partial charge in [0.2, 0.25) is 0 Å². The predicted molar refractivity (Wildman–Crippen MR) is 293 cm³/mol. The van der Waals surface area contributed by atoms with E-state index in [1.807, 2.05) is 0 Å². The van der Waals surface area contributed by atoms with Gasteiger partial charge in [-0.15, -0.1) is 0 Å². The number of carboxylic acid groups (broad SMARTS) is 2. The summed E-state index contributed by atoms with van der Waals surface area (Å²) in [5, 5.41) is 20.7. The SMILES string of the molecule is CCCCCCCCCCCCC(=O)OC(CC)CCCCCCCCCCCCCCC(=O)[O-].CCCCCCCCCCCCC(=O)OC(CC)CCCCCCCCCCCCCCC(=O)[O-].[Zn+2]. The number of carboxylic acids is 2. The van der Waals surface area contributed by atoms with Crippen LogP contribution in [0.5, 0.6) is 0 Å². The molecule has 0 radical (unpaired) electrons. The fraction of sp³-hybridized carbons (Fsp3) is 0.935. The topological polar surface area (TPSA) is 133 Å². The van der Waals surface area contributed by atoms with Gasteiger partial charge in [0.25, 0.3) is 0 Å². The average molecular weight is 1060 g/mol. The molecule has 2 unspecified atom stereocenters. The van der Waals surface area contributed by atoms with Crippen molar-refractivity contribution in [2.75, 3.05) is 0 Å². The first-order valence-corrected chi connectivity index (χ1v) is 31.0. The normalized spacial score (nSPS) is 11.9. The van der Waals surface area contributed by atoms with Crippen LogP contribution in [0, 0.1) is 0 Å². The molecule has 0 heterocycles. The molecule has 71 heavy (non-hydrogen) atoms. The smallest absolute Gasteiger partial charge is 0.550 e. The number of ether oxygens (including phenoxy) is 2. The Morgan fingerprint density at radius 1 is 0.282 bits per heavy atom. The van der Waals surface area contributed by atoms with Gasteiger partial charge in [0.15, 0.2) is 0 Å². The third-order valence-electron chi connectivity index (χ3n) is 14.3. The van der Waals surface area contributed by atoms with Crippen LogP contribution in [0.3, 0.4) is 0 Å². The van der Waals surface area contributed by atoms with Crippen LogP contribution in [0.2, 0.25) is 0 Å². The standard InChI is InChI=1S/2C31H60O4.Zn/c2*1-3-5-6-7-8-9-16-19-22-25-28-31(34)35-29(4-2)26-23-20-17-14-12-10-11-13-15-18-21-24-27-30(32)33;/h2*29H,3-28H2,1-2H3,(H,32,33);/q;;+2/p-2. The zero-order valence-corrected chi connectivity index (χ0v) is 50.9. The Balaban J connectivity index is -0.00000128. The minimum atomic E-state index is -0.921. The molecule has 0 spiro atoms. The zero-order valence-electron chi connectivity index (χ0n) is 47.9. The van der Waals surface area contributed by atoms with Crippen molar-refractivity contribution in [1.29, 1.82) is 0 Å². The fourth-order valence-electron chi connectivity index (χ4n) is 9.51. The van der Waals surface area contributed by atoms with Crippen LogP contribution in [0.25, 0.3) is 0 Å². The third-order valence-corrected chi connectivity index (χ3v) is 14.3.